The molecule has 0 radical (unpaired) electrons. The topological polar surface area (TPSA) is 102 Å². The molecule has 0 unspecified atom stereocenters. The average Bonchev–Trinajstić information content (AvgIpc) is 2.67. The Balaban J connectivity index is 1.74. The van der Waals surface area contributed by atoms with Crippen molar-refractivity contribution in [1.82, 2.24) is 9.97 Å². The van der Waals surface area contributed by atoms with Crippen LogP contribution in [0.4, 0.5) is 23.2 Å². The first-order chi connectivity index (χ1) is 14.1. The summed E-state index contributed by atoms with van der Waals surface area (Å²) in [5.41, 5.74) is 4.98. The Kier molecular flexibility index (Phi) is 5.97. The normalized spacial score (nSPS) is 18.6. The molecular formula is C18H15F4N5O2S. The number of nitrogens with zero attached hydrogens (tertiary/aromatic N) is 3. The van der Waals surface area contributed by atoms with Gasteiger partial charge in [-0.15, -0.1) is 0 Å². The van der Waals surface area contributed by atoms with Gasteiger partial charge >= 0.3 is 6.18 Å². The van der Waals surface area contributed by atoms with Crippen LogP contribution in [0.2, 0.25) is 0 Å². The molecule has 1 aliphatic heterocycles. The second-order valence-corrected chi connectivity index (χ2v) is 7.24. The number of carbonyl (C=O) groups is 1. The summed E-state index contributed by atoms with van der Waals surface area (Å²) in [5, 5.41) is 4.51. The van der Waals surface area contributed by atoms with Gasteiger partial charge in [0.25, 0.3) is 5.91 Å². The lowest BCUT2D eigenvalue weighted by Crippen LogP contribution is -2.25. The molecule has 0 saturated carbocycles. The van der Waals surface area contributed by atoms with Crippen molar-refractivity contribution in [2.45, 2.75) is 18.6 Å². The maximum atomic E-state index is 14.4. The Morgan fingerprint density at radius 3 is 2.70 bits per heavy atom. The predicted molar refractivity (Wildman–Crippen MR) is 104 cm³/mol. The molecule has 12 heteroatoms. The first kappa shape index (κ1) is 21.6. The van der Waals surface area contributed by atoms with Crippen LogP contribution in [0.1, 0.15) is 23.0 Å². The molecule has 1 aromatic carbocycles. The first-order valence-electron chi connectivity index (χ1n) is 8.38. The Labute approximate surface area is 172 Å². The maximum Gasteiger partial charge on any atom is 0.422 e. The fourth-order valence-corrected chi connectivity index (χ4v) is 3.24. The fourth-order valence-electron chi connectivity index (χ4n) is 2.53. The number of aromatic nitrogens is 2. The molecule has 0 saturated heterocycles. The van der Waals surface area contributed by atoms with Gasteiger partial charge in [0.15, 0.2) is 11.8 Å². The molecule has 1 atom stereocenters. The lowest BCUT2D eigenvalue weighted by molar-refractivity contribution is -0.154. The van der Waals surface area contributed by atoms with Crippen molar-refractivity contribution in [2.24, 2.45) is 10.7 Å². The zero-order chi connectivity index (χ0) is 21.9. The van der Waals surface area contributed by atoms with Crippen LogP contribution in [-0.2, 0) is 5.54 Å². The van der Waals surface area contributed by atoms with Gasteiger partial charge in [0.2, 0.25) is 5.88 Å². The second kappa shape index (κ2) is 8.30. The van der Waals surface area contributed by atoms with E-state index in [4.69, 9.17) is 5.73 Å². The molecule has 0 aliphatic carbocycles. The van der Waals surface area contributed by atoms with Crippen molar-refractivity contribution in [3.8, 4) is 5.88 Å². The van der Waals surface area contributed by atoms with Gasteiger partial charge < -0.3 is 15.8 Å². The van der Waals surface area contributed by atoms with E-state index in [0.29, 0.717) is 0 Å². The van der Waals surface area contributed by atoms with Crippen LogP contribution < -0.4 is 15.8 Å². The number of nitrogens with one attached hydrogen (secondary N) is 1. The summed E-state index contributed by atoms with van der Waals surface area (Å²) in [5.74, 6) is -1.60. The molecule has 7 nitrogen and oxygen atoms in total. The van der Waals surface area contributed by atoms with Crippen LogP contribution >= 0.6 is 11.8 Å². The molecule has 0 bridgehead atoms. The first-order valence-corrected chi connectivity index (χ1v) is 9.26. The number of benzene rings is 1. The summed E-state index contributed by atoms with van der Waals surface area (Å²) in [7, 11) is 0. The second-order valence-electron chi connectivity index (χ2n) is 6.31. The molecule has 3 rings (SSSR count). The number of rotatable bonds is 5. The van der Waals surface area contributed by atoms with Crippen LogP contribution in [0.25, 0.3) is 0 Å². The van der Waals surface area contributed by atoms with E-state index < -0.39 is 30.0 Å². The van der Waals surface area contributed by atoms with Crippen LogP contribution in [0.5, 0.6) is 5.88 Å². The number of aliphatic imine (C=N–C) groups is 1. The van der Waals surface area contributed by atoms with E-state index in [0.717, 1.165) is 12.4 Å². The Bertz CT molecular complexity index is 1010. The maximum absolute atomic E-state index is 14.4. The number of hydrogen-bond acceptors (Lipinski definition) is 7. The number of halogens is 4. The molecule has 1 aromatic heterocycles. The summed E-state index contributed by atoms with van der Waals surface area (Å²) in [6.45, 7) is 0.148. The van der Waals surface area contributed by atoms with Gasteiger partial charge in [-0.1, -0.05) is 11.8 Å². The Morgan fingerprint density at radius 2 is 2.07 bits per heavy atom. The molecular weight excluding hydrogens is 426 g/mol. The molecule has 1 aliphatic rings. The number of alkyl halides is 3. The molecule has 3 N–H and O–H groups in total. The van der Waals surface area contributed by atoms with Gasteiger partial charge in [-0.05, 0) is 36.6 Å². The van der Waals surface area contributed by atoms with Crippen molar-refractivity contribution in [3.05, 3.63) is 59.2 Å². The van der Waals surface area contributed by atoms with E-state index in [2.05, 4.69) is 25.0 Å². The van der Waals surface area contributed by atoms with Crippen molar-refractivity contribution in [3.63, 3.8) is 0 Å². The standard InChI is InChI=1S/C18H15F4N5O2S/c1-17(4-5-30-16(23)27-17)11-6-10(2-3-12(11)19)26-15(28)13-7-25-14(8-24-13)29-9-18(20,21)22/h2-8H,9H2,1H3,(H2,23,27)(H,26,28)/t17-/m0/s1. The van der Waals surface area contributed by atoms with E-state index in [1.54, 1.807) is 18.4 Å². The molecule has 2 aromatic rings. The highest BCUT2D eigenvalue weighted by Crippen LogP contribution is 2.35. The van der Waals surface area contributed by atoms with E-state index in [-0.39, 0.29) is 28.0 Å². The third-order valence-corrected chi connectivity index (χ3v) is 4.54. The molecule has 158 valence electrons. The number of carbonyl (C=O) groups excluding carboxylic acids is 1. The lowest BCUT2D eigenvalue weighted by Gasteiger charge is -2.26. The van der Waals surface area contributed by atoms with Gasteiger partial charge in [-0.2, -0.15) is 13.2 Å². The molecule has 30 heavy (non-hydrogen) atoms. The van der Waals surface area contributed by atoms with Crippen LogP contribution in [0.3, 0.4) is 0 Å². The monoisotopic (exact) mass is 441 g/mol. The van der Waals surface area contributed by atoms with Gasteiger partial charge in [-0.25, -0.2) is 19.4 Å². The number of thioether (sulfide) groups is 1. The largest absolute Gasteiger partial charge is 0.467 e. The van der Waals surface area contributed by atoms with Gasteiger partial charge in [0.05, 0.1) is 12.4 Å². The highest BCUT2D eigenvalue weighted by atomic mass is 32.2. The average molecular weight is 441 g/mol. The Hall–Kier alpha value is -3.15. The van der Waals surface area contributed by atoms with Crippen LogP contribution in [0, 0.1) is 5.82 Å². The fraction of sp³-hybridized carbons (Fsp3) is 0.222. The number of nitrogens with two attached hydrogens (primary N) is 1. The summed E-state index contributed by atoms with van der Waals surface area (Å²) in [6.07, 6.45) is -0.961. The zero-order valence-corrected chi connectivity index (χ0v) is 16.2. The zero-order valence-electron chi connectivity index (χ0n) is 15.4. The quantitative estimate of drug-likeness (QED) is 0.688. The highest BCUT2D eigenvalue weighted by molar-refractivity contribution is 8.16. The van der Waals surface area contributed by atoms with Crippen molar-refractivity contribution in [2.75, 3.05) is 11.9 Å². The Morgan fingerprint density at radius 1 is 1.30 bits per heavy atom. The smallest absolute Gasteiger partial charge is 0.422 e. The number of amides is 1. The lowest BCUT2D eigenvalue weighted by atomic mass is 9.92. The van der Waals surface area contributed by atoms with E-state index >= 15 is 0 Å². The van der Waals surface area contributed by atoms with E-state index in [9.17, 15) is 22.4 Å². The van der Waals surface area contributed by atoms with Gasteiger partial charge in [-0.3, -0.25) is 4.79 Å². The molecule has 1 amide bonds. The number of hydrogen-bond donors (Lipinski definition) is 2. The summed E-state index contributed by atoms with van der Waals surface area (Å²) >= 11 is 1.21. The third-order valence-electron chi connectivity index (χ3n) is 3.94. The number of anilines is 1. The summed E-state index contributed by atoms with van der Waals surface area (Å²) in [4.78, 5) is 24.0. The van der Waals surface area contributed by atoms with Gasteiger partial charge in [0, 0.05) is 11.3 Å². The van der Waals surface area contributed by atoms with Crippen LogP contribution in [-0.4, -0.2) is 33.8 Å². The predicted octanol–water partition coefficient (Wildman–Crippen LogP) is 3.60. The number of amidine groups is 1. The summed E-state index contributed by atoms with van der Waals surface area (Å²) < 4.78 is 55.3. The minimum absolute atomic E-state index is 0.164. The third kappa shape index (κ3) is 5.26. The minimum atomic E-state index is -4.52. The molecule has 0 spiro atoms. The summed E-state index contributed by atoms with van der Waals surface area (Å²) in [6, 6.07) is 3.94. The number of ether oxygens (including phenoxy) is 1. The van der Waals surface area contributed by atoms with E-state index in [1.165, 1.54) is 30.0 Å². The SMILES string of the molecule is C[C@@]1(c2cc(NC(=O)c3cnc(OCC(F)(F)F)cn3)ccc2F)C=CSC(N)=N1. The van der Waals surface area contributed by atoms with Crippen molar-refractivity contribution < 1.29 is 27.1 Å². The minimum Gasteiger partial charge on any atom is -0.467 e. The molecule has 2 heterocycles. The molecule has 0 fully saturated rings. The van der Waals surface area contributed by atoms with Gasteiger partial charge in [0.1, 0.15) is 17.1 Å². The van der Waals surface area contributed by atoms with Crippen molar-refractivity contribution >= 4 is 28.5 Å². The van der Waals surface area contributed by atoms with Crippen molar-refractivity contribution in [1.29, 1.82) is 0 Å². The highest BCUT2D eigenvalue weighted by Gasteiger charge is 2.30. The van der Waals surface area contributed by atoms with Crippen LogP contribution in [0.15, 0.2) is 47.1 Å². The van der Waals surface area contributed by atoms with E-state index in [1.807, 2.05) is 0 Å².